The van der Waals surface area contributed by atoms with Crippen molar-refractivity contribution in [2.24, 2.45) is 0 Å². The molecule has 1 aliphatic rings. The van der Waals surface area contributed by atoms with E-state index in [0.717, 1.165) is 29.6 Å². The Balaban J connectivity index is 1.57. The molecule has 7 nitrogen and oxygen atoms in total. The summed E-state index contributed by atoms with van der Waals surface area (Å²) in [6.07, 6.45) is -2.01. The summed E-state index contributed by atoms with van der Waals surface area (Å²) in [7, 11) is 1.90. The number of hydrogen-bond acceptors (Lipinski definition) is 5. The van der Waals surface area contributed by atoms with Gasteiger partial charge in [0.25, 0.3) is 11.8 Å². The van der Waals surface area contributed by atoms with Gasteiger partial charge >= 0.3 is 6.18 Å². The van der Waals surface area contributed by atoms with Crippen LogP contribution in [0.25, 0.3) is 0 Å². The number of amides is 3. The van der Waals surface area contributed by atoms with Crippen LogP contribution in [0.2, 0.25) is 0 Å². The van der Waals surface area contributed by atoms with Gasteiger partial charge in [0.05, 0.1) is 24.2 Å². The third-order valence-corrected chi connectivity index (χ3v) is 6.44. The van der Waals surface area contributed by atoms with E-state index in [1.54, 1.807) is 23.9 Å². The third kappa shape index (κ3) is 7.46. The Morgan fingerprint density at radius 3 is 2.37 bits per heavy atom. The maximum atomic E-state index is 12.9. The van der Waals surface area contributed by atoms with Crippen LogP contribution in [0.4, 0.5) is 13.2 Å². The fourth-order valence-electron chi connectivity index (χ4n) is 3.79. The number of alkyl halides is 3. The molecule has 35 heavy (non-hydrogen) atoms. The van der Waals surface area contributed by atoms with E-state index in [0.29, 0.717) is 18.5 Å². The van der Waals surface area contributed by atoms with Crippen LogP contribution in [0.1, 0.15) is 32.7 Å². The Labute approximate surface area is 205 Å². The van der Waals surface area contributed by atoms with E-state index in [2.05, 4.69) is 16.0 Å². The number of nitrogens with one attached hydrogen (secondary N) is 3. The first-order chi connectivity index (χ1) is 16.6. The summed E-state index contributed by atoms with van der Waals surface area (Å²) in [5, 5.41) is 8.15. The van der Waals surface area contributed by atoms with E-state index in [-0.39, 0.29) is 17.5 Å². The number of rotatable bonds is 7. The smallest absolute Gasteiger partial charge is 0.348 e. The van der Waals surface area contributed by atoms with Gasteiger partial charge in [-0.3, -0.25) is 14.4 Å². The van der Waals surface area contributed by atoms with Gasteiger partial charge in [0.2, 0.25) is 5.91 Å². The van der Waals surface area contributed by atoms with Crippen LogP contribution >= 0.6 is 11.8 Å². The number of piperidine rings is 1. The van der Waals surface area contributed by atoms with E-state index in [1.807, 2.05) is 30.3 Å². The molecule has 0 bridgehead atoms. The number of likely N-dealkylation sites (N-methyl/N-ethyl adjacent to an activating group) is 1. The monoisotopic (exact) mass is 508 g/mol. The Hall–Kier alpha value is -3.05. The van der Waals surface area contributed by atoms with Crippen LogP contribution in [0, 0.1) is 0 Å². The Kier molecular flexibility index (Phi) is 8.79. The minimum atomic E-state index is -4.57. The van der Waals surface area contributed by atoms with Crippen molar-refractivity contribution in [1.82, 2.24) is 20.9 Å². The van der Waals surface area contributed by atoms with Gasteiger partial charge in [-0.25, -0.2) is 0 Å². The van der Waals surface area contributed by atoms with Crippen molar-refractivity contribution >= 4 is 29.5 Å². The van der Waals surface area contributed by atoms with Crippen molar-refractivity contribution in [2.75, 3.05) is 32.9 Å². The van der Waals surface area contributed by atoms with Crippen molar-refractivity contribution in [3.63, 3.8) is 0 Å². The van der Waals surface area contributed by atoms with Crippen LogP contribution in [0.5, 0.6) is 0 Å². The summed E-state index contributed by atoms with van der Waals surface area (Å²) in [6, 6.07) is 10.5. The molecule has 0 unspecified atom stereocenters. The standard InChI is InChI=1S/C24H27F3N4O3S/c1-31-11-10-19(30-23(34)15-6-8-18(35-2)9-7-15)20(14-31)29-21(32)13-28-22(33)16-4-3-5-17(12-16)24(25,26)27/h3-9,12,19-20H,10-11,13-14H2,1-2H3,(H,28,33)(H,29,32)(H,30,34)/t19-,20+/m0/s1. The molecule has 1 aliphatic heterocycles. The fourth-order valence-corrected chi connectivity index (χ4v) is 4.19. The predicted octanol–water partition coefficient (Wildman–Crippen LogP) is 2.78. The van der Waals surface area contributed by atoms with Crippen LogP contribution in [0.15, 0.2) is 53.4 Å². The quantitative estimate of drug-likeness (QED) is 0.501. The molecule has 1 heterocycles. The van der Waals surface area contributed by atoms with E-state index in [4.69, 9.17) is 0 Å². The highest BCUT2D eigenvalue weighted by Crippen LogP contribution is 2.29. The second kappa shape index (κ2) is 11.6. The minimum absolute atomic E-state index is 0.192. The number of hydrogen-bond donors (Lipinski definition) is 3. The molecule has 2 aromatic rings. The molecule has 1 fully saturated rings. The van der Waals surface area contributed by atoms with Gasteiger partial charge in [0.15, 0.2) is 0 Å². The van der Waals surface area contributed by atoms with E-state index < -0.39 is 36.1 Å². The normalized spacial score (nSPS) is 18.5. The Bertz CT molecular complexity index is 1060. The zero-order valence-corrected chi connectivity index (χ0v) is 20.1. The molecule has 3 N–H and O–H groups in total. The predicted molar refractivity (Wildman–Crippen MR) is 127 cm³/mol. The number of benzene rings is 2. The summed E-state index contributed by atoms with van der Waals surface area (Å²) < 4.78 is 38.6. The lowest BCUT2D eigenvalue weighted by atomic mass is 9.99. The number of carbonyl (C=O) groups is 3. The zero-order chi connectivity index (χ0) is 25.6. The fraction of sp³-hybridized carbons (Fsp3) is 0.375. The number of likely N-dealkylation sites (tertiary alicyclic amines) is 1. The Morgan fingerprint density at radius 1 is 1.00 bits per heavy atom. The summed E-state index contributed by atoms with van der Waals surface area (Å²) in [5.41, 5.74) is -0.621. The molecule has 0 spiro atoms. The van der Waals surface area contributed by atoms with Gasteiger partial charge in [-0.1, -0.05) is 6.07 Å². The van der Waals surface area contributed by atoms with Gasteiger partial charge in [-0.15, -0.1) is 11.8 Å². The molecule has 0 aliphatic carbocycles. The average molecular weight is 509 g/mol. The first kappa shape index (κ1) is 26.6. The second-order valence-electron chi connectivity index (χ2n) is 8.29. The molecule has 0 radical (unpaired) electrons. The number of halogens is 3. The lowest BCUT2D eigenvalue weighted by Crippen LogP contribution is -2.60. The Morgan fingerprint density at radius 2 is 1.71 bits per heavy atom. The van der Waals surface area contributed by atoms with E-state index in [9.17, 15) is 27.6 Å². The molecular weight excluding hydrogens is 481 g/mol. The molecule has 11 heteroatoms. The molecule has 1 saturated heterocycles. The van der Waals surface area contributed by atoms with Gasteiger partial charge in [0, 0.05) is 22.6 Å². The lowest BCUT2D eigenvalue weighted by molar-refractivity contribution is -0.137. The van der Waals surface area contributed by atoms with Crippen molar-refractivity contribution in [1.29, 1.82) is 0 Å². The zero-order valence-electron chi connectivity index (χ0n) is 19.3. The highest BCUT2D eigenvalue weighted by Gasteiger charge is 2.32. The highest BCUT2D eigenvalue weighted by molar-refractivity contribution is 7.98. The largest absolute Gasteiger partial charge is 0.416 e. The minimum Gasteiger partial charge on any atom is -0.348 e. The summed E-state index contributed by atoms with van der Waals surface area (Å²) in [4.78, 5) is 40.5. The summed E-state index contributed by atoms with van der Waals surface area (Å²) in [5.74, 6) is -1.54. The average Bonchev–Trinajstić information content (AvgIpc) is 2.83. The van der Waals surface area contributed by atoms with E-state index >= 15 is 0 Å². The summed E-state index contributed by atoms with van der Waals surface area (Å²) >= 11 is 1.57. The maximum Gasteiger partial charge on any atom is 0.416 e. The highest BCUT2D eigenvalue weighted by atomic mass is 32.2. The van der Waals surface area contributed by atoms with Crippen LogP contribution < -0.4 is 16.0 Å². The first-order valence-electron chi connectivity index (χ1n) is 10.9. The van der Waals surface area contributed by atoms with Gasteiger partial charge in [0.1, 0.15) is 0 Å². The second-order valence-corrected chi connectivity index (χ2v) is 9.17. The molecular formula is C24H27F3N4O3S. The number of nitrogens with zero attached hydrogens (tertiary/aromatic N) is 1. The molecule has 0 aromatic heterocycles. The number of carbonyl (C=O) groups excluding carboxylic acids is 3. The van der Waals surface area contributed by atoms with E-state index in [1.165, 1.54) is 6.07 Å². The van der Waals surface area contributed by atoms with Gasteiger partial charge in [-0.2, -0.15) is 13.2 Å². The molecule has 2 atom stereocenters. The van der Waals surface area contributed by atoms with Crippen molar-refractivity contribution in [3.8, 4) is 0 Å². The van der Waals surface area contributed by atoms with Crippen molar-refractivity contribution in [2.45, 2.75) is 29.6 Å². The van der Waals surface area contributed by atoms with Gasteiger partial charge in [-0.05, 0) is 68.7 Å². The molecule has 3 rings (SSSR count). The SMILES string of the molecule is CSc1ccc(C(=O)N[C@H]2CCN(C)C[C@H]2NC(=O)CNC(=O)c2cccc(C(F)(F)F)c2)cc1. The topological polar surface area (TPSA) is 90.5 Å². The van der Waals surface area contributed by atoms with Crippen molar-refractivity contribution < 1.29 is 27.6 Å². The van der Waals surface area contributed by atoms with Crippen molar-refractivity contribution in [3.05, 3.63) is 65.2 Å². The maximum absolute atomic E-state index is 12.9. The molecule has 188 valence electrons. The van der Waals surface area contributed by atoms with Crippen LogP contribution in [0.3, 0.4) is 0 Å². The van der Waals surface area contributed by atoms with Crippen LogP contribution in [-0.2, 0) is 11.0 Å². The molecule has 2 aromatic carbocycles. The number of thioether (sulfide) groups is 1. The first-order valence-corrected chi connectivity index (χ1v) is 12.2. The lowest BCUT2D eigenvalue weighted by Gasteiger charge is -2.37. The molecule has 3 amide bonds. The third-order valence-electron chi connectivity index (χ3n) is 5.69. The van der Waals surface area contributed by atoms with Gasteiger partial charge < -0.3 is 20.9 Å². The van der Waals surface area contributed by atoms with Crippen LogP contribution in [-0.4, -0.2) is 67.6 Å². The molecule has 0 saturated carbocycles. The summed E-state index contributed by atoms with van der Waals surface area (Å²) in [6.45, 7) is 0.810.